The zero-order chi connectivity index (χ0) is 14.0. The number of nitrogens with zero attached hydrogens (tertiary/aromatic N) is 1. The van der Waals surface area contributed by atoms with Crippen LogP contribution in [-0.2, 0) is 6.42 Å². The van der Waals surface area contributed by atoms with E-state index in [-0.39, 0.29) is 5.66 Å². The molecule has 0 aliphatic carbocycles. The molecule has 2 unspecified atom stereocenters. The Bertz CT molecular complexity index is 442. The summed E-state index contributed by atoms with van der Waals surface area (Å²) in [4.78, 5) is 2.36. The number of piperidine rings is 1. The molecule has 3 heteroatoms. The van der Waals surface area contributed by atoms with E-state index in [4.69, 9.17) is 5.73 Å². The molecule has 0 radical (unpaired) electrons. The molecule has 1 aromatic carbocycles. The van der Waals surface area contributed by atoms with Gasteiger partial charge in [-0.05, 0) is 50.8 Å². The first-order chi connectivity index (χ1) is 8.88. The summed E-state index contributed by atoms with van der Waals surface area (Å²) >= 11 is 0. The van der Waals surface area contributed by atoms with Gasteiger partial charge >= 0.3 is 0 Å². The van der Waals surface area contributed by atoms with Crippen molar-refractivity contribution in [3.63, 3.8) is 0 Å². The Hall–Kier alpha value is -1.06. The number of nitrogens with two attached hydrogens (primary N) is 1. The predicted molar refractivity (Wildman–Crippen MR) is 79.1 cm³/mol. The van der Waals surface area contributed by atoms with Crippen molar-refractivity contribution in [1.29, 1.82) is 0 Å². The van der Waals surface area contributed by atoms with Crippen LogP contribution in [0.2, 0.25) is 0 Å². The predicted octanol–water partition coefficient (Wildman–Crippen LogP) is 2.65. The zero-order valence-corrected chi connectivity index (χ0v) is 12.3. The molecule has 2 atom stereocenters. The molecule has 1 aliphatic rings. The van der Waals surface area contributed by atoms with Crippen LogP contribution in [-0.4, -0.2) is 28.8 Å². The fourth-order valence-corrected chi connectivity index (χ4v) is 3.01. The number of phenolic OH excluding ortho intramolecular Hbond substituents is 1. The molecule has 0 spiro atoms. The Morgan fingerprint density at radius 1 is 1.47 bits per heavy atom. The first-order valence-electron chi connectivity index (χ1n) is 7.21. The monoisotopic (exact) mass is 262 g/mol. The summed E-state index contributed by atoms with van der Waals surface area (Å²) < 4.78 is 0. The molecule has 106 valence electrons. The zero-order valence-electron chi connectivity index (χ0n) is 12.3. The van der Waals surface area contributed by atoms with E-state index < -0.39 is 0 Å². The van der Waals surface area contributed by atoms with Crippen molar-refractivity contribution in [2.45, 2.75) is 45.7 Å². The van der Waals surface area contributed by atoms with Gasteiger partial charge in [0.15, 0.2) is 0 Å². The Morgan fingerprint density at radius 2 is 2.21 bits per heavy atom. The maximum absolute atomic E-state index is 9.97. The van der Waals surface area contributed by atoms with Crippen molar-refractivity contribution in [1.82, 2.24) is 4.90 Å². The molecular weight excluding hydrogens is 236 g/mol. The molecule has 1 saturated heterocycles. The molecule has 1 aromatic rings. The normalized spacial score (nSPS) is 24.1. The maximum Gasteiger partial charge on any atom is 0.118 e. The summed E-state index contributed by atoms with van der Waals surface area (Å²) in [6.07, 6.45) is 3.20. The van der Waals surface area contributed by atoms with E-state index in [2.05, 4.69) is 18.7 Å². The van der Waals surface area contributed by atoms with Crippen LogP contribution >= 0.6 is 0 Å². The van der Waals surface area contributed by atoms with Crippen LogP contribution in [0.3, 0.4) is 0 Å². The minimum absolute atomic E-state index is 0.354. The summed E-state index contributed by atoms with van der Waals surface area (Å²) in [5.41, 5.74) is 8.24. The van der Waals surface area contributed by atoms with E-state index in [0.29, 0.717) is 18.1 Å². The second-order valence-corrected chi connectivity index (χ2v) is 6.36. The summed E-state index contributed by atoms with van der Waals surface area (Å²) in [6.45, 7) is 8.52. The summed E-state index contributed by atoms with van der Waals surface area (Å²) in [6, 6.07) is 5.73. The van der Waals surface area contributed by atoms with Crippen LogP contribution in [0, 0.1) is 12.8 Å². The Morgan fingerprint density at radius 3 is 2.89 bits per heavy atom. The fraction of sp³-hybridized carbons (Fsp3) is 0.625. The number of phenols is 1. The molecule has 19 heavy (non-hydrogen) atoms. The van der Waals surface area contributed by atoms with Gasteiger partial charge in [0.25, 0.3) is 0 Å². The molecule has 0 aromatic heterocycles. The number of aromatic hydroxyl groups is 1. The number of hydrogen-bond donors (Lipinski definition) is 2. The number of likely N-dealkylation sites (tertiary alicyclic amines) is 1. The number of aryl methyl sites for hydroxylation is 1. The lowest BCUT2D eigenvalue weighted by Crippen LogP contribution is -2.58. The second-order valence-electron chi connectivity index (χ2n) is 6.36. The Balaban J connectivity index is 2.13. The molecule has 1 fully saturated rings. The third-order valence-electron chi connectivity index (χ3n) is 4.16. The first-order valence-corrected chi connectivity index (χ1v) is 7.21. The van der Waals surface area contributed by atoms with Gasteiger partial charge in [0, 0.05) is 13.0 Å². The minimum atomic E-state index is -0.389. The SMILES string of the molecule is Cc1ccc(O)c(CC(C)(N)N2CCCC(C)C2)c1. The van der Waals surface area contributed by atoms with E-state index in [0.717, 1.165) is 24.2 Å². The molecule has 2 rings (SSSR count). The van der Waals surface area contributed by atoms with Crippen molar-refractivity contribution in [3.05, 3.63) is 29.3 Å². The Kier molecular flexibility index (Phi) is 4.16. The van der Waals surface area contributed by atoms with Crippen molar-refractivity contribution < 1.29 is 5.11 Å². The van der Waals surface area contributed by atoms with Gasteiger partial charge in [-0.25, -0.2) is 0 Å². The highest BCUT2D eigenvalue weighted by molar-refractivity contribution is 5.36. The van der Waals surface area contributed by atoms with E-state index >= 15 is 0 Å². The van der Waals surface area contributed by atoms with Crippen molar-refractivity contribution in [2.24, 2.45) is 11.7 Å². The molecule has 0 bridgehead atoms. The smallest absolute Gasteiger partial charge is 0.118 e. The van der Waals surface area contributed by atoms with Crippen LogP contribution in [0.4, 0.5) is 0 Å². The van der Waals surface area contributed by atoms with Gasteiger partial charge in [-0.3, -0.25) is 4.90 Å². The molecular formula is C16H26N2O. The first kappa shape index (κ1) is 14.4. The van der Waals surface area contributed by atoms with Gasteiger partial charge < -0.3 is 10.8 Å². The lowest BCUT2D eigenvalue weighted by atomic mass is 9.93. The molecule has 0 saturated carbocycles. The quantitative estimate of drug-likeness (QED) is 0.880. The topological polar surface area (TPSA) is 49.5 Å². The molecule has 1 aliphatic heterocycles. The minimum Gasteiger partial charge on any atom is -0.508 e. The second kappa shape index (κ2) is 5.51. The third kappa shape index (κ3) is 3.48. The van der Waals surface area contributed by atoms with Gasteiger partial charge in [-0.1, -0.05) is 24.6 Å². The number of benzene rings is 1. The largest absolute Gasteiger partial charge is 0.508 e. The number of rotatable bonds is 3. The highest BCUT2D eigenvalue weighted by Gasteiger charge is 2.31. The van der Waals surface area contributed by atoms with Crippen molar-refractivity contribution in [2.75, 3.05) is 13.1 Å². The van der Waals surface area contributed by atoms with E-state index in [1.54, 1.807) is 6.07 Å². The van der Waals surface area contributed by atoms with Crippen LogP contribution in [0.5, 0.6) is 5.75 Å². The van der Waals surface area contributed by atoms with Crippen LogP contribution < -0.4 is 5.73 Å². The van der Waals surface area contributed by atoms with Crippen LogP contribution in [0.15, 0.2) is 18.2 Å². The van der Waals surface area contributed by atoms with E-state index in [9.17, 15) is 5.11 Å². The molecule has 1 heterocycles. The summed E-state index contributed by atoms with van der Waals surface area (Å²) in [7, 11) is 0. The van der Waals surface area contributed by atoms with Gasteiger partial charge in [0.05, 0.1) is 5.66 Å². The van der Waals surface area contributed by atoms with E-state index in [1.165, 1.54) is 12.8 Å². The Labute approximate surface area is 116 Å². The molecule has 0 amide bonds. The number of hydrogen-bond acceptors (Lipinski definition) is 3. The van der Waals surface area contributed by atoms with Crippen LogP contribution in [0.1, 0.15) is 37.8 Å². The fourth-order valence-electron chi connectivity index (χ4n) is 3.01. The van der Waals surface area contributed by atoms with Crippen molar-refractivity contribution in [3.8, 4) is 5.75 Å². The van der Waals surface area contributed by atoms with Gasteiger partial charge in [-0.2, -0.15) is 0 Å². The van der Waals surface area contributed by atoms with E-state index in [1.807, 2.05) is 19.1 Å². The summed E-state index contributed by atoms with van der Waals surface area (Å²) in [5.74, 6) is 1.06. The standard InChI is InChI=1S/C16H26N2O/c1-12-6-7-15(19)14(9-12)10-16(3,17)18-8-4-5-13(2)11-18/h6-7,9,13,19H,4-5,8,10-11,17H2,1-3H3. The van der Waals surface area contributed by atoms with Gasteiger partial charge in [0.1, 0.15) is 5.75 Å². The lowest BCUT2D eigenvalue weighted by Gasteiger charge is -2.43. The molecule has 3 N–H and O–H groups in total. The lowest BCUT2D eigenvalue weighted by molar-refractivity contribution is 0.0623. The van der Waals surface area contributed by atoms with Crippen LogP contribution in [0.25, 0.3) is 0 Å². The maximum atomic E-state index is 9.97. The van der Waals surface area contributed by atoms with Gasteiger partial charge in [0.2, 0.25) is 0 Å². The highest BCUT2D eigenvalue weighted by Crippen LogP contribution is 2.27. The average Bonchev–Trinajstić information content (AvgIpc) is 2.33. The van der Waals surface area contributed by atoms with Crippen molar-refractivity contribution >= 4 is 0 Å². The summed E-state index contributed by atoms with van der Waals surface area (Å²) in [5, 5.41) is 9.97. The highest BCUT2D eigenvalue weighted by atomic mass is 16.3. The third-order valence-corrected chi connectivity index (χ3v) is 4.16. The van der Waals surface area contributed by atoms with Gasteiger partial charge in [-0.15, -0.1) is 0 Å². The molecule has 3 nitrogen and oxygen atoms in total. The average molecular weight is 262 g/mol.